The van der Waals surface area contributed by atoms with E-state index in [4.69, 9.17) is 12.2 Å². The van der Waals surface area contributed by atoms with Crippen LogP contribution in [0.15, 0.2) is 63.2 Å². The van der Waals surface area contributed by atoms with Crippen molar-refractivity contribution >= 4 is 55.5 Å². The number of fused-ring (bicyclic) bond motifs is 1. The van der Waals surface area contributed by atoms with Gasteiger partial charge in [0.25, 0.3) is 0 Å². The van der Waals surface area contributed by atoms with Crippen LogP contribution >= 0.6 is 28.1 Å². The molecule has 4 rings (SSSR count). The molecule has 1 heterocycles. The molecule has 0 aliphatic carbocycles. The summed E-state index contributed by atoms with van der Waals surface area (Å²) in [4.78, 5) is 0. The highest BCUT2D eigenvalue weighted by molar-refractivity contribution is 9.10. The first-order valence-corrected chi connectivity index (χ1v) is 12.2. The summed E-state index contributed by atoms with van der Waals surface area (Å²) >= 11 is 8.99. The summed E-state index contributed by atoms with van der Waals surface area (Å²) < 4.78 is 2.76. The second kappa shape index (κ2) is 9.68. The molecule has 34 heavy (non-hydrogen) atoms. The summed E-state index contributed by atoms with van der Waals surface area (Å²) in [5.41, 5.74) is 9.06. The molecule has 0 bridgehead atoms. The van der Waals surface area contributed by atoms with E-state index in [1.165, 1.54) is 16.7 Å². The van der Waals surface area contributed by atoms with Gasteiger partial charge in [0.1, 0.15) is 0 Å². The molecule has 1 aromatic heterocycles. The average molecular weight is 536 g/mol. The van der Waals surface area contributed by atoms with Gasteiger partial charge in [-0.25, -0.2) is 0 Å². The summed E-state index contributed by atoms with van der Waals surface area (Å²) in [6, 6.07) is 16.4. The predicted molar refractivity (Wildman–Crippen MR) is 148 cm³/mol. The van der Waals surface area contributed by atoms with Crippen LogP contribution in [0.4, 0.5) is 11.4 Å². The van der Waals surface area contributed by atoms with Gasteiger partial charge in [-0.1, -0.05) is 57.4 Å². The monoisotopic (exact) mass is 534 g/mol. The summed E-state index contributed by atoms with van der Waals surface area (Å²) in [6.07, 6.45) is 0. The van der Waals surface area contributed by atoms with Crippen molar-refractivity contribution in [3.05, 3.63) is 86.4 Å². The van der Waals surface area contributed by atoms with E-state index in [0.717, 1.165) is 37.8 Å². The molecular weight excluding hydrogens is 508 g/mol. The van der Waals surface area contributed by atoms with Crippen LogP contribution in [-0.2, 0) is 6.54 Å². The van der Waals surface area contributed by atoms with Gasteiger partial charge < -0.3 is 15.0 Å². The summed E-state index contributed by atoms with van der Waals surface area (Å²) in [5.74, 6) is 0.0586. The lowest BCUT2D eigenvalue weighted by Crippen LogP contribution is -2.08. The zero-order valence-electron chi connectivity index (χ0n) is 19.9. The van der Waals surface area contributed by atoms with E-state index >= 15 is 0 Å². The van der Waals surface area contributed by atoms with Gasteiger partial charge in [-0.05, 0) is 87.3 Å². The molecule has 0 spiro atoms. The van der Waals surface area contributed by atoms with E-state index in [9.17, 15) is 5.11 Å². The molecule has 4 aromatic rings. The van der Waals surface area contributed by atoms with Crippen LogP contribution in [0.2, 0.25) is 0 Å². The number of aromatic nitrogens is 1. The Hall–Kier alpha value is -3.03. The van der Waals surface area contributed by atoms with Crippen molar-refractivity contribution in [1.82, 2.24) is 4.57 Å². The molecule has 0 amide bonds. The maximum absolute atomic E-state index is 11.2. The van der Waals surface area contributed by atoms with Crippen molar-refractivity contribution in [2.24, 2.45) is 10.2 Å². The Kier molecular flexibility index (Phi) is 6.86. The zero-order valence-corrected chi connectivity index (χ0v) is 22.3. The van der Waals surface area contributed by atoms with Gasteiger partial charge in [0.05, 0.1) is 12.1 Å². The van der Waals surface area contributed by atoms with Gasteiger partial charge in [-0.15, -0.1) is 10.2 Å². The van der Waals surface area contributed by atoms with Gasteiger partial charge in [0, 0.05) is 15.5 Å². The lowest BCUT2D eigenvalue weighted by Gasteiger charge is -2.12. The van der Waals surface area contributed by atoms with Crippen molar-refractivity contribution in [2.45, 2.75) is 41.2 Å². The summed E-state index contributed by atoms with van der Waals surface area (Å²) in [5, 5.41) is 24.0. The molecule has 0 saturated carbocycles. The number of nitrogens with zero attached hydrogens (tertiary/aromatic N) is 3. The number of halogens is 1. The second-order valence-corrected chi connectivity index (χ2v) is 10.1. The maximum atomic E-state index is 11.2. The van der Waals surface area contributed by atoms with E-state index in [1.54, 1.807) is 0 Å². The predicted octanol–water partition coefficient (Wildman–Crippen LogP) is 8.18. The number of hydrogen-bond acceptors (Lipinski definition) is 3. The van der Waals surface area contributed by atoms with Crippen molar-refractivity contribution < 1.29 is 5.11 Å². The van der Waals surface area contributed by atoms with Crippen molar-refractivity contribution in [3.8, 4) is 5.88 Å². The molecule has 174 valence electrons. The minimum Gasteiger partial charge on any atom is -0.493 e. The van der Waals surface area contributed by atoms with Gasteiger partial charge in [0.15, 0.2) is 5.69 Å². The molecule has 0 atom stereocenters. The number of hydrogen-bond donors (Lipinski definition) is 2. The Bertz CT molecular complexity index is 1430. The third-order valence-corrected chi connectivity index (χ3v) is 6.63. The standard InChI is InChI=1S/C27H27BrN4OS/c1-15-6-7-17(3)20(12-15)14-32-23-9-8-21(28)13-22(23)25(26(32)33)30-31-27(34)29-24-18(4)10-16(2)11-19(24)5/h6-13,33H,14H2,1-5H3,(H,29,34). The van der Waals surface area contributed by atoms with E-state index in [0.29, 0.717) is 12.2 Å². The van der Waals surface area contributed by atoms with Gasteiger partial charge in [-0.2, -0.15) is 0 Å². The largest absolute Gasteiger partial charge is 0.493 e. The van der Waals surface area contributed by atoms with Crippen LogP contribution in [0.25, 0.3) is 10.9 Å². The third-order valence-electron chi connectivity index (χ3n) is 5.95. The molecule has 0 radical (unpaired) electrons. The number of benzene rings is 3. The highest BCUT2D eigenvalue weighted by Gasteiger charge is 2.18. The lowest BCUT2D eigenvalue weighted by atomic mass is 10.1. The first-order valence-electron chi connectivity index (χ1n) is 11.0. The SMILES string of the molecule is Cc1cc(C)c(NC(=S)N=Nc2c(O)n(Cc3cc(C)ccc3C)c3ccc(Br)cc23)c(C)c1. The Balaban J connectivity index is 1.71. The number of thiocarbonyl (C=S) groups is 1. The van der Waals surface area contributed by atoms with E-state index in [-0.39, 0.29) is 11.0 Å². The molecule has 0 unspecified atom stereocenters. The van der Waals surface area contributed by atoms with Crippen LogP contribution < -0.4 is 5.32 Å². The lowest BCUT2D eigenvalue weighted by molar-refractivity contribution is 0.429. The van der Waals surface area contributed by atoms with Crippen molar-refractivity contribution in [2.75, 3.05) is 5.32 Å². The first kappa shape index (κ1) is 24.1. The van der Waals surface area contributed by atoms with Crippen LogP contribution in [0.5, 0.6) is 5.88 Å². The van der Waals surface area contributed by atoms with Crippen LogP contribution in [0, 0.1) is 34.6 Å². The minimum absolute atomic E-state index is 0.0586. The summed E-state index contributed by atoms with van der Waals surface area (Å²) in [7, 11) is 0. The topological polar surface area (TPSA) is 61.9 Å². The van der Waals surface area contributed by atoms with Crippen LogP contribution in [0.3, 0.4) is 0 Å². The van der Waals surface area contributed by atoms with Crippen molar-refractivity contribution in [1.29, 1.82) is 0 Å². The van der Waals surface area contributed by atoms with E-state index < -0.39 is 0 Å². The van der Waals surface area contributed by atoms with Crippen LogP contribution in [0.1, 0.15) is 33.4 Å². The zero-order chi connectivity index (χ0) is 24.6. The van der Waals surface area contributed by atoms with E-state index in [2.05, 4.69) is 82.6 Å². The quantitative estimate of drug-likeness (QED) is 0.205. The molecule has 0 aliphatic rings. The van der Waals surface area contributed by atoms with Crippen LogP contribution in [-0.4, -0.2) is 14.8 Å². The Labute approximate surface area is 213 Å². The summed E-state index contributed by atoms with van der Waals surface area (Å²) in [6.45, 7) is 10.8. The molecule has 0 saturated heterocycles. The number of azo groups is 1. The van der Waals surface area contributed by atoms with Gasteiger partial charge >= 0.3 is 0 Å². The molecule has 3 aromatic carbocycles. The second-order valence-electron chi connectivity index (χ2n) is 8.75. The third kappa shape index (κ3) is 4.91. The fourth-order valence-electron chi connectivity index (χ4n) is 4.30. The fourth-order valence-corrected chi connectivity index (χ4v) is 4.80. The normalized spacial score (nSPS) is 11.5. The molecule has 7 heteroatoms. The maximum Gasteiger partial charge on any atom is 0.221 e. The Morgan fingerprint density at radius 1 is 0.941 bits per heavy atom. The highest BCUT2D eigenvalue weighted by atomic mass is 79.9. The minimum atomic E-state index is 0.0586. The fraction of sp³-hybridized carbons (Fsp3) is 0.222. The molecule has 2 N–H and O–H groups in total. The number of rotatable bonds is 4. The van der Waals surface area contributed by atoms with Gasteiger partial charge in [-0.3, -0.25) is 0 Å². The average Bonchev–Trinajstić information content (AvgIpc) is 3.02. The molecule has 5 nitrogen and oxygen atoms in total. The highest BCUT2D eigenvalue weighted by Crippen LogP contribution is 2.40. The Morgan fingerprint density at radius 2 is 1.65 bits per heavy atom. The van der Waals surface area contributed by atoms with Crippen molar-refractivity contribution in [3.63, 3.8) is 0 Å². The number of nitrogens with one attached hydrogen (secondary N) is 1. The molecular formula is C27H27BrN4OS. The first-order chi connectivity index (χ1) is 16.1. The number of anilines is 1. The number of aromatic hydroxyl groups is 1. The van der Waals surface area contributed by atoms with E-state index in [1.807, 2.05) is 36.6 Å². The van der Waals surface area contributed by atoms with Gasteiger partial charge in [0.2, 0.25) is 11.0 Å². The number of aryl methyl sites for hydroxylation is 5. The smallest absolute Gasteiger partial charge is 0.221 e. The molecule has 0 aliphatic heterocycles. The molecule has 0 fully saturated rings. The Morgan fingerprint density at radius 3 is 2.35 bits per heavy atom.